The average Bonchev–Trinajstić information content (AvgIpc) is 2.41. The molecule has 1 aromatic rings. The number of hydrogen-bond acceptors (Lipinski definition) is 3. The first-order chi connectivity index (χ1) is 9.43. The van der Waals surface area contributed by atoms with Crippen molar-refractivity contribution in [2.45, 2.75) is 26.3 Å². The standard InChI is InChI=1S/C15H21N3O2/c1-4-5-13(16)15(20)18-12-8-6-11(7-9-12)17-14(19)10(2)3/h4,6-10,13H,1,5,16H2,2-3H3,(H,17,19)(H,18,20). The van der Waals surface area contributed by atoms with E-state index in [1.54, 1.807) is 30.3 Å². The van der Waals surface area contributed by atoms with E-state index in [2.05, 4.69) is 17.2 Å². The number of nitrogens with two attached hydrogens (primary N) is 1. The van der Waals surface area contributed by atoms with E-state index in [1.165, 1.54) is 0 Å². The number of carbonyl (C=O) groups is 2. The van der Waals surface area contributed by atoms with Gasteiger partial charge < -0.3 is 16.4 Å². The molecule has 5 heteroatoms. The average molecular weight is 275 g/mol. The quantitative estimate of drug-likeness (QED) is 0.695. The predicted octanol–water partition coefficient (Wildman–Crippen LogP) is 2.12. The number of amides is 2. The predicted molar refractivity (Wildman–Crippen MR) is 81.3 cm³/mol. The smallest absolute Gasteiger partial charge is 0.241 e. The summed E-state index contributed by atoms with van der Waals surface area (Å²) in [5.41, 5.74) is 6.99. The van der Waals surface area contributed by atoms with Crippen molar-refractivity contribution in [3.63, 3.8) is 0 Å². The minimum absolute atomic E-state index is 0.0465. The maximum Gasteiger partial charge on any atom is 0.241 e. The number of rotatable bonds is 6. The molecule has 0 aliphatic heterocycles. The summed E-state index contributed by atoms with van der Waals surface area (Å²) in [6.07, 6.45) is 2.03. The highest BCUT2D eigenvalue weighted by molar-refractivity contribution is 5.95. The zero-order valence-corrected chi connectivity index (χ0v) is 11.8. The van der Waals surface area contributed by atoms with Gasteiger partial charge in [-0.25, -0.2) is 0 Å². The van der Waals surface area contributed by atoms with Gasteiger partial charge in [-0.3, -0.25) is 9.59 Å². The molecular formula is C15H21N3O2. The molecule has 1 unspecified atom stereocenters. The molecule has 1 aromatic carbocycles. The molecule has 0 saturated heterocycles. The Balaban J connectivity index is 2.60. The first-order valence-electron chi connectivity index (χ1n) is 6.52. The number of benzene rings is 1. The Kier molecular flexibility index (Phi) is 5.93. The molecule has 0 aliphatic carbocycles. The van der Waals surface area contributed by atoms with Crippen molar-refractivity contribution in [1.29, 1.82) is 0 Å². The molecule has 1 rings (SSSR count). The van der Waals surface area contributed by atoms with E-state index in [9.17, 15) is 9.59 Å². The second-order valence-electron chi connectivity index (χ2n) is 4.84. The van der Waals surface area contributed by atoms with Crippen molar-refractivity contribution in [1.82, 2.24) is 0 Å². The van der Waals surface area contributed by atoms with E-state index in [0.29, 0.717) is 17.8 Å². The zero-order valence-electron chi connectivity index (χ0n) is 11.8. The fourth-order valence-corrected chi connectivity index (χ4v) is 1.45. The molecule has 4 N–H and O–H groups in total. The van der Waals surface area contributed by atoms with Gasteiger partial charge in [0.25, 0.3) is 0 Å². The summed E-state index contributed by atoms with van der Waals surface area (Å²) < 4.78 is 0. The maximum absolute atomic E-state index is 11.7. The van der Waals surface area contributed by atoms with Crippen LogP contribution in [0.25, 0.3) is 0 Å². The number of nitrogens with one attached hydrogen (secondary N) is 2. The van der Waals surface area contributed by atoms with Crippen LogP contribution in [0.1, 0.15) is 20.3 Å². The van der Waals surface area contributed by atoms with Crippen LogP contribution in [0.3, 0.4) is 0 Å². The lowest BCUT2D eigenvalue weighted by atomic mass is 10.2. The Bertz CT molecular complexity index is 480. The van der Waals surface area contributed by atoms with Crippen LogP contribution in [0.15, 0.2) is 36.9 Å². The molecule has 0 fully saturated rings. The van der Waals surface area contributed by atoms with Crippen LogP contribution in [0.5, 0.6) is 0 Å². The largest absolute Gasteiger partial charge is 0.326 e. The molecule has 0 saturated carbocycles. The van der Waals surface area contributed by atoms with Crippen LogP contribution in [0, 0.1) is 5.92 Å². The van der Waals surface area contributed by atoms with Crippen molar-refractivity contribution >= 4 is 23.2 Å². The zero-order chi connectivity index (χ0) is 15.1. The second kappa shape index (κ2) is 7.45. The van der Waals surface area contributed by atoms with Crippen molar-refractivity contribution in [3.8, 4) is 0 Å². The summed E-state index contributed by atoms with van der Waals surface area (Å²) in [6, 6.07) is 6.29. The molecule has 1 atom stereocenters. The van der Waals surface area contributed by atoms with Gasteiger partial charge in [0.15, 0.2) is 0 Å². The molecule has 5 nitrogen and oxygen atoms in total. The van der Waals surface area contributed by atoms with Crippen molar-refractivity contribution < 1.29 is 9.59 Å². The lowest BCUT2D eigenvalue weighted by Crippen LogP contribution is -2.35. The minimum Gasteiger partial charge on any atom is -0.326 e. The Morgan fingerprint density at radius 2 is 1.60 bits per heavy atom. The first-order valence-corrected chi connectivity index (χ1v) is 6.52. The molecule has 0 bridgehead atoms. The van der Waals surface area contributed by atoms with Gasteiger partial charge in [0.2, 0.25) is 11.8 Å². The van der Waals surface area contributed by atoms with Gasteiger partial charge in [0, 0.05) is 17.3 Å². The van der Waals surface area contributed by atoms with Gasteiger partial charge in [-0.15, -0.1) is 6.58 Å². The molecule has 0 spiro atoms. The normalized spacial score (nSPS) is 11.8. The summed E-state index contributed by atoms with van der Waals surface area (Å²) in [5.74, 6) is -0.384. The molecule has 0 radical (unpaired) electrons. The Morgan fingerprint density at radius 1 is 1.15 bits per heavy atom. The van der Waals surface area contributed by atoms with Gasteiger partial charge in [0.1, 0.15) is 0 Å². The van der Waals surface area contributed by atoms with Crippen LogP contribution in [0.4, 0.5) is 11.4 Å². The highest BCUT2D eigenvalue weighted by Crippen LogP contribution is 2.14. The van der Waals surface area contributed by atoms with Gasteiger partial charge >= 0.3 is 0 Å². The Labute approximate surface area is 119 Å². The van der Waals surface area contributed by atoms with E-state index >= 15 is 0 Å². The topological polar surface area (TPSA) is 84.2 Å². The Hall–Kier alpha value is -2.14. The van der Waals surface area contributed by atoms with Crippen LogP contribution in [0.2, 0.25) is 0 Å². The number of anilines is 2. The van der Waals surface area contributed by atoms with Crippen molar-refractivity contribution in [2.75, 3.05) is 10.6 Å². The fourth-order valence-electron chi connectivity index (χ4n) is 1.45. The second-order valence-corrected chi connectivity index (χ2v) is 4.84. The highest BCUT2D eigenvalue weighted by atomic mass is 16.2. The molecule has 2 amide bonds. The molecular weight excluding hydrogens is 254 g/mol. The van der Waals surface area contributed by atoms with E-state index < -0.39 is 6.04 Å². The van der Waals surface area contributed by atoms with Crippen LogP contribution < -0.4 is 16.4 Å². The highest BCUT2D eigenvalue weighted by Gasteiger charge is 2.12. The van der Waals surface area contributed by atoms with Gasteiger partial charge in [-0.1, -0.05) is 19.9 Å². The van der Waals surface area contributed by atoms with E-state index in [-0.39, 0.29) is 17.7 Å². The Morgan fingerprint density at radius 3 is 2.00 bits per heavy atom. The SMILES string of the molecule is C=CCC(N)C(=O)Nc1ccc(NC(=O)C(C)C)cc1. The van der Waals surface area contributed by atoms with Crippen LogP contribution in [-0.2, 0) is 9.59 Å². The third kappa shape index (κ3) is 4.85. The molecule has 0 heterocycles. The number of hydrogen-bond donors (Lipinski definition) is 3. The molecule has 108 valence electrons. The summed E-state index contributed by atoms with van der Waals surface area (Å²) in [5, 5.41) is 5.48. The lowest BCUT2D eigenvalue weighted by molar-refractivity contribution is -0.119. The van der Waals surface area contributed by atoms with Crippen molar-refractivity contribution in [3.05, 3.63) is 36.9 Å². The lowest BCUT2D eigenvalue weighted by Gasteiger charge is -2.11. The van der Waals surface area contributed by atoms with Gasteiger partial charge in [-0.05, 0) is 30.7 Å². The number of carbonyl (C=O) groups excluding carboxylic acids is 2. The summed E-state index contributed by atoms with van der Waals surface area (Å²) in [7, 11) is 0. The first kappa shape index (κ1) is 15.9. The van der Waals surface area contributed by atoms with E-state index in [4.69, 9.17) is 5.73 Å². The summed E-state index contributed by atoms with van der Waals surface area (Å²) >= 11 is 0. The third-order valence-electron chi connectivity index (χ3n) is 2.70. The minimum atomic E-state index is -0.604. The van der Waals surface area contributed by atoms with Crippen LogP contribution >= 0.6 is 0 Å². The fraction of sp³-hybridized carbons (Fsp3) is 0.333. The molecule has 0 aromatic heterocycles. The van der Waals surface area contributed by atoms with Crippen LogP contribution in [-0.4, -0.2) is 17.9 Å². The monoisotopic (exact) mass is 275 g/mol. The van der Waals surface area contributed by atoms with Gasteiger partial charge in [0.05, 0.1) is 6.04 Å². The third-order valence-corrected chi connectivity index (χ3v) is 2.70. The summed E-state index contributed by atoms with van der Waals surface area (Å²) in [4.78, 5) is 23.2. The molecule has 0 aliphatic rings. The van der Waals surface area contributed by atoms with Gasteiger partial charge in [-0.2, -0.15) is 0 Å². The molecule has 20 heavy (non-hydrogen) atoms. The maximum atomic E-state index is 11.7. The van der Waals surface area contributed by atoms with E-state index in [1.807, 2.05) is 13.8 Å². The summed E-state index contributed by atoms with van der Waals surface area (Å²) in [6.45, 7) is 7.19. The van der Waals surface area contributed by atoms with E-state index in [0.717, 1.165) is 0 Å². The van der Waals surface area contributed by atoms with Crippen molar-refractivity contribution in [2.24, 2.45) is 11.7 Å².